The van der Waals surface area contributed by atoms with E-state index >= 15 is 0 Å². The second-order valence-electron chi connectivity index (χ2n) is 6.32. The van der Waals surface area contributed by atoms with E-state index < -0.39 is 0 Å². The van der Waals surface area contributed by atoms with Gasteiger partial charge in [0.2, 0.25) is 17.6 Å². The topological polar surface area (TPSA) is 94.3 Å². The van der Waals surface area contributed by atoms with Crippen molar-refractivity contribution >= 4 is 11.9 Å². The van der Waals surface area contributed by atoms with Gasteiger partial charge < -0.3 is 14.6 Å². The molecule has 1 heterocycles. The molecule has 0 unspecified atom stereocenters. The first-order valence-corrected chi connectivity index (χ1v) is 8.76. The summed E-state index contributed by atoms with van der Waals surface area (Å²) in [5, 5.41) is 6.72. The maximum Gasteiger partial charge on any atom is 0.305 e. The van der Waals surface area contributed by atoms with Crippen LogP contribution in [0.4, 0.5) is 0 Å². The number of nitrogens with zero attached hydrogens (tertiary/aromatic N) is 2. The van der Waals surface area contributed by atoms with E-state index in [2.05, 4.69) is 46.2 Å². The zero-order chi connectivity index (χ0) is 18.9. The van der Waals surface area contributed by atoms with Crippen LogP contribution >= 0.6 is 0 Å². The first-order valence-electron chi connectivity index (χ1n) is 8.76. The molecule has 1 amide bonds. The molecule has 0 saturated heterocycles. The van der Waals surface area contributed by atoms with Gasteiger partial charge in [0.15, 0.2) is 0 Å². The van der Waals surface area contributed by atoms with Crippen molar-refractivity contribution in [2.24, 2.45) is 0 Å². The molecule has 0 aliphatic heterocycles. The summed E-state index contributed by atoms with van der Waals surface area (Å²) in [6, 6.07) is 8.05. The quantitative estimate of drug-likeness (QED) is 0.546. The van der Waals surface area contributed by atoms with E-state index in [-0.39, 0.29) is 18.3 Å². The van der Waals surface area contributed by atoms with Crippen molar-refractivity contribution in [3.05, 3.63) is 35.7 Å². The number of aryl methyl sites for hydroxylation is 1. The summed E-state index contributed by atoms with van der Waals surface area (Å²) in [6.07, 6.45) is 1.47. The van der Waals surface area contributed by atoms with Crippen LogP contribution in [0.3, 0.4) is 0 Å². The number of hydrogen-bond acceptors (Lipinski definition) is 6. The predicted molar refractivity (Wildman–Crippen MR) is 96.4 cm³/mol. The van der Waals surface area contributed by atoms with Crippen molar-refractivity contribution in [1.82, 2.24) is 15.5 Å². The van der Waals surface area contributed by atoms with E-state index in [1.807, 2.05) is 12.1 Å². The first-order chi connectivity index (χ1) is 12.5. The van der Waals surface area contributed by atoms with Gasteiger partial charge in [0.25, 0.3) is 0 Å². The highest BCUT2D eigenvalue weighted by atomic mass is 16.5. The molecule has 1 N–H and O–H groups in total. The Balaban J connectivity index is 1.77. The second-order valence-corrected chi connectivity index (χ2v) is 6.32. The first kappa shape index (κ1) is 19.6. The fraction of sp³-hybridized carbons (Fsp3) is 0.474. The van der Waals surface area contributed by atoms with Crippen LogP contribution in [0.25, 0.3) is 11.4 Å². The van der Waals surface area contributed by atoms with Crippen molar-refractivity contribution < 1.29 is 18.8 Å². The van der Waals surface area contributed by atoms with E-state index in [1.54, 1.807) is 0 Å². The largest absolute Gasteiger partial charge is 0.469 e. The van der Waals surface area contributed by atoms with Gasteiger partial charge in [-0.2, -0.15) is 4.98 Å². The Morgan fingerprint density at radius 3 is 2.58 bits per heavy atom. The molecule has 26 heavy (non-hydrogen) atoms. The zero-order valence-electron chi connectivity index (χ0n) is 15.4. The lowest BCUT2D eigenvalue weighted by atomic mass is 10.0. The van der Waals surface area contributed by atoms with Gasteiger partial charge in [-0.05, 0) is 17.9 Å². The number of ether oxygens (including phenoxy) is 1. The van der Waals surface area contributed by atoms with E-state index in [0.29, 0.717) is 43.4 Å². The fourth-order valence-electron chi connectivity index (χ4n) is 2.36. The fourth-order valence-corrected chi connectivity index (χ4v) is 2.36. The van der Waals surface area contributed by atoms with Gasteiger partial charge in [0, 0.05) is 31.4 Å². The Morgan fingerprint density at radius 2 is 1.92 bits per heavy atom. The average Bonchev–Trinajstić information content (AvgIpc) is 3.12. The Hall–Kier alpha value is -2.70. The number of esters is 1. The molecule has 140 valence electrons. The van der Waals surface area contributed by atoms with Gasteiger partial charge in [0.1, 0.15) is 0 Å². The second kappa shape index (κ2) is 9.70. The molecule has 0 bridgehead atoms. The molecule has 0 aliphatic rings. The molecule has 7 heteroatoms. The molecule has 0 spiro atoms. The third-order valence-corrected chi connectivity index (χ3v) is 3.98. The summed E-state index contributed by atoms with van der Waals surface area (Å²) in [5.41, 5.74) is 2.14. The predicted octanol–water partition coefficient (Wildman–Crippen LogP) is 2.86. The molecule has 2 rings (SSSR count). The van der Waals surface area contributed by atoms with Gasteiger partial charge >= 0.3 is 5.97 Å². The lowest BCUT2D eigenvalue weighted by molar-refractivity contribution is -0.140. The Bertz CT molecular complexity index is 723. The highest BCUT2D eigenvalue weighted by Crippen LogP contribution is 2.20. The normalized spacial score (nSPS) is 10.8. The number of carbonyl (C=O) groups excluding carboxylic acids is 2. The lowest BCUT2D eigenvalue weighted by Crippen LogP contribution is -2.25. The Kier molecular flexibility index (Phi) is 7.32. The third-order valence-electron chi connectivity index (χ3n) is 3.98. The maximum absolute atomic E-state index is 11.8. The minimum atomic E-state index is -0.279. The van der Waals surface area contributed by atoms with Gasteiger partial charge in [-0.15, -0.1) is 0 Å². The number of methoxy groups -OCH3 is 1. The summed E-state index contributed by atoms with van der Waals surface area (Å²) in [6.45, 7) is 4.72. The average molecular weight is 359 g/mol. The molecular formula is C19H25N3O4. The standard InChI is InChI=1S/C19H25N3O4/c1-13(2)14-6-8-15(9-7-14)19-21-17(26-22-19)11-10-16(23)20-12-4-5-18(24)25-3/h6-9,13H,4-5,10-12H2,1-3H3,(H,20,23). The number of nitrogens with one attached hydrogen (secondary N) is 1. The van der Waals surface area contributed by atoms with Gasteiger partial charge in [-0.25, -0.2) is 0 Å². The van der Waals surface area contributed by atoms with Crippen LogP contribution in [0, 0.1) is 0 Å². The summed E-state index contributed by atoms with van der Waals surface area (Å²) >= 11 is 0. The summed E-state index contributed by atoms with van der Waals surface area (Å²) < 4.78 is 9.76. The molecule has 1 aromatic heterocycles. The summed E-state index contributed by atoms with van der Waals surface area (Å²) in [5.74, 6) is 1.03. The van der Waals surface area contributed by atoms with Gasteiger partial charge in [-0.1, -0.05) is 43.3 Å². The number of amides is 1. The highest BCUT2D eigenvalue weighted by molar-refractivity contribution is 5.76. The smallest absolute Gasteiger partial charge is 0.305 e. The SMILES string of the molecule is COC(=O)CCCNC(=O)CCc1nc(-c2ccc(C(C)C)cc2)no1. The summed E-state index contributed by atoms with van der Waals surface area (Å²) in [4.78, 5) is 27.1. The van der Waals surface area contributed by atoms with E-state index in [0.717, 1.165) is 5.56 Å². The van der Waals surface area contributed by atoms with E-state index in [4.69, 9.17) is 4.52 Å². The number of benzene rings is 1. The molecule has 2 aromatic rings. The maximum atomic E-state index is 11.8. The van der Waals surface area contributed by atoms with Crippen LogP contribution in [0.1, 0.15) is 50.5 Å². The molecule has 0 saturated carbocycles. The Morgan fingerprint density at radius 1 is 1.19 bits per heavy atom. The van der Waals surface area contributed by atoms with Crippen LogP contribution in [-0.2, 0) is 20.7 Å². The van der Waals surface area contributed by atoms with E-state index in [9.17, 15) is 9.59 Å². The van der Waals surface area contributed by atoms with Crippen LogP contribution in [-0.4, -0.2) is 35.7 Å². The van der Waals surface area contributed by atoms with Crippen LogP contribution in [0.15, 0.2) is 28.8 Å². The number of aromatic nitrogens is 2. The molecule has 0 atom stereocenters. The molecule has 7 nitrogen and oxygen atoms in total. The zero-order valence-corrected chi connectivity index (χ0v) is 15.4. The monoisotopic (exact) mass is 359 g/mol. The molecule has 0 radical (unpaired) electrons. The summed E-state index contributed by atoms with van der Waals surface area (Å²) in [7, 11) is 1.35. The van der Waals surface area contributed by atoms with Crippen LogP contribution < -0.4 is 5.32 Å². The molecule has 1 aromatic carbocycles. The number of rotatable bonds is 9. The minimum Gasteiger partial charge on any atom is -0.469 e. The van der Waals surface area contributed by atoms with Crippen molar-refractivity contribution in [2.45, 2.75) is 45.4 Å². The minimum absolute atomic E-state index is 0.115. The lowest BCUT2D eigenvalue weighted by Gasteiger charge is -2.04. The van der Waals surface area contributed by atoms with Gasteiger partial charge in [0.05, 0.1) is 7.11 Å². The number of hydrogen-bond donors (Lipinski definition) is 1. The highest BCUT2D eigenvalue weighted by Gasteiger charge is 2.11. The Labute approximate surface area is 153 Å². The van der Waals surface area contributed by atoms with Crippen molar-refractivity contribution in [3.63, 3.8) is 0 Å². The third kappa shape index (κ3) is 5.98. The van der Waals surface area contributed by atoms with Crippen molar-refractivity contribution in [1.29, 1.82) is 0 Å². The molecule has 0 fully saturated rings. The van der Waals surface area contributed by atoms with Crippen molar-refractivity contribution in [3.8, 4) is 11.4 Å². The van der Waals surface area contributed by atoms with Crippen molar-refractivity contribution in [2.75, 3.05) is 13.7 Å². The van der Waals surface area contributed by atoms with E-state index in [1.165, 1.54) is 12.7 Å². The van der Waals surface area contributed by atoms with Crippen LogP contribution in [0.5, 0.6) is 0 Å². The molecule has 0 aliphatic carbocycles. The molecular weight excluding hydrogens is 334 g/mol. The van der Waals surface area contributed by atoms with Crippen LogP contribution in [0.2, 0.25) is 0 Å². The number of carbonyl (C=O) groups is 2. The van der Waals surface area contributed by atoms with Gasteiger partial charge in [-0.3, -0.25) is 9.59 Å².